The third-order valence-electron chi connectivity index (χ3n) is 8.69. The van der Waals surface area contributed by atoms with E-state index in [1.54, 1.807) is 0 Å². The molecule has 41 heavy (non-hydrogen) atoms. The van der Waals surface area contributed by atoms with E-state index in [4.69, 9.17) is 0 Å². The highest BCUT2D eigenvalue weighted by Crippen LogP contribution is 2.50. The van der Waals surface area contributed by atoms with Crippen LogP contribution in [0.1, 0.15) is 17.0 Å². The summed E-state index contributed by atoms with van der Waals surface area (Å²) in [4.78, 5) is 2.46. The van der Waals surface area contributed by atoms with Crippen LogP contribution >= 0.6 is 0 Å². The van der Waals surface area contributed by atoms with Crippen LogP contribution in [-0.4, -0.2) is 10.6 Å². The van der Waals surface area contributed by atoms with Gasteiger partial charge in [-0.1, -0.05) is 91.0 Å². The van der Waals surface area contributed by atoms with Crippen molar-refractivity contribution in [2.75, 3.05) is 4.90 Å². The summed E-state index contributed by atoms with van der Waals surface area (Å²) >= 11 is 0. The topological polar surface area (TPSA) is 32.0 Å². The minimum atomic E-state index is 0.127. The number of rotatable bonds is 3. The largest absolute Gasteiger partial charge is 0.333 e. The van der Waals surface area contributed by atoms with Crippen LogP contribution in [0.5, 0.6) is 0 Å². The van der Waals surface area contributed by atoms with Crippen molar-refractivity contribution in [2.24, 2.45) is 0 Å². The zero-order valence-corrected chi connectivity index (χ0v) is 22.7. The number of nitriles is 1. The fraction of sp³-hybridized carbons (Fsp3) is 0.0789. The monoisotopic (exact) mass is 525 g/mol. The first kappa shape index (κ1) is 23.5. The van der Waals surface area contributed by atoms with Crippen LogP contribution < -0.4 is 4.90 Å². The number of nitrogens with zero attached hydrogens (tertiary/aromatic N) is 3. The molecule has 5 aromatic carbocycles. The summed E-state index contributed by atoms with van der Waals surface area (Å²) in [6.07, 6.45) is 6.29. The Balaban J connectivity index is 1.27. The number of fused-ring (bicyclic) bond motifs is 6. The van der Waals surface area contributed by atoms with E-state index >= 15 is 0 Å². The Morgan fingerprint density at radius 2 is 1.34 bits per heavy atom. The molecule has 0 bridgehead atoms. The maximum Gasteiger partial charge on any atom is 0.0988 e. The van der Waals surface area contributed by atoms with Gasteiger partial charge < -0.3 is 9.47 Å². The first-order valence-electron chi connectivity index (χ1n) is 14.1. The highest BCUT2D eigenvalue weighted by atomic mass is 15.2. The standard InChI is InChI=1S/C38H27N3/c1-25-9-8-16-37(41-35-15-7-4-12-31(35)32-23-26(24-39)17-22-36(32)41)38(25)27-18-20-28(21-19-27)40-33-13-5-2-10-29(33)30-11-3-6-14-34(30)40/h2-23,32,36H,1H3. The van der Waals surface area contributed by atoms with E-state index in [0.29, 0.717) is 0 Å². The molecule has 3 nitrogen and oxygen atoms in total. The van der Waals surface area contributed by atoms with Crippen molar-refractivity contribution in [1.29, 1.82) is 5.26 Å². The van der Waals surface area contributed by atoms with E-state index in [1.165, 1.54) is 55.4 Å². The lowest BCUT2D eigenvalue weighted by Crippen LogP contribution is -2.29. The first-order chi connectivity index (χ1) is 20.2. The first-order valence-corrected chi connectivity index (χ1v) is 14.1. The van der Waals surface area contributed by atoms with E-state index in [9.17, 15) is 5.26 Å². The van der Waals surface area contributed by atoms with Crippen molar-refractivity contribution < 1.29 is 0 Å². The van der Waals surface area contributed by atoms with Gasteiger partial charge in [0.15, 0.2) is 0 Å². The van der Waals surface area contributed by atoms with Gasteiger partial charge in [-0.2, -0.15) is 5.26 Å². The van der Waals surface area contributed by atoms with Crippen LogP contribution in [0, 0.1) is 18.3 Å². The van der Waals surface area contributed by atoms with Gasteiger partial charge >= 0.3 is 0 Å². The summed E-state index contributed by atoms with van der Waals surface area (Å²) in [7, 11) is 0. The Morgan fingerprint density at radius 1 is 0.683 bits per heavy atom. The molecule has 1 aliphatic carbocycles. The van der Waals surface area contributed by atoms with Crippen molar-refractivity contribution in [3.8, 4) is 22.9 Å². The van der Waals surface area contributed by atoms with Gasteiger partial charge in [0.2, 0.25) is 0 Å². The zero-order valence-electron chi connectivity index (χ0n) is 22.7. The highest BCUT2D eigenvalue weighted by molar-refractivity contribution is 6.09. The van der Waals surface area contributed by atoms with Crippen LogP contribution in [0.3, 0.4) is 0 Å². The minimum Gasteiger partial charge on any atom is -0.333 e. The number of hydrogen-bond acceptors (Lipinski definition) is 2. The summed E-state index contributed by atoms with van der Waals surface area (Å²) in [5.41, 5.74) is 11.6. The minimum absolute atomic E-state index is 0.127. The second-order valence-corrected chi connectivity index (χ2v) is 10.9. The van der Waals surface area contributed by atoms with Gasteiger partial charge in [-0.15, -0.1) is 0 Å². The van der Waals surface area contributed by atoms with E-state index in [0.717, 1.165) is 11.3 Å². The molecular weight excluding hydrogens is 498 g/mol. The fourth-order valence-electron chi connectivity index (χ4n) is 6.91. The molecule has 1 aliphatic heterocycles. The lowest BCUT2D eigenvalue weighted by Gasteiger charge is -2.31. The molecular formula is C38H27N3. The van der Waals surface area contributed by atoms with Gasteiger partial charge in [-0.3, -0.25) is 0 Å². The molecule has 2 heterocycles. The molecule has 0 saturated heterocycles. The second kappa shape index (κ2) is 9.11. The number of para-hydroxylation sites is 3. The summed E-state index contributed by atoms with van der Waals surface area (Å²) in [5.74, 6) is 0.150. The van der Waals surface area contributed by atoms with Gasteiger partial charge in [0.05, 0.1) is 23.1 Å². The van der Waals surface area contributed by atoms with Gasteiger partial charge in [0.25, 0.3) is 0 Å². The van der Waals surface area contributed by atoms with Gasteiger partial charge in [-0.25, -0.2) is 0 Å². The Bertz CT molecular complexity index is 2030. The zero-order chi connectivity index (χ0) is 27.5. The molecule has 0 fully saturated rings. The average Bonchev–Trinajstić information content (AvgIpc) is 3.54. The lowest BCUT2D eigenvalue weighted by atomic mass is 9.88. The molecule has 0 radical (unpaired) electrons. The molecule has 1 aromatic heterocycles. The molecule has 194 valence electrons. The molecule has 2 atom stereocenters. The van der Waals surface area contributed by atoms with Gasteiger partial charge in [0.1, 0.15) is 0 Å². The van der Waals surface area contributed by atoms with Crippen molar-refractivity contribution in [2.45, 2.75) is 18.9 Å². The predicted molar refractivity (Wildman–Crippen MR) is 169 cm³/mol. The SMILES string of the molecule is Cc1cccc(N2c3ccccc3C3C=C(C#N)C=CC32)c1-c1ccc(-n2c3ccccc3c3ccccc32)cc1. The Labute approximate surface area is 239 Å². The molecule has 0 spiro atoms. The van der Waals surface area contributed by atoms with Crippen molar-refractivity contribution in [3.05, 3.63) is 150 Å². The number of hydrogen-bond donors (Lipinski definition) is 0. The van der Waals surface area contributed by atoms with E-state index < -0.39 is 0 Å². The van der Waals surface area contributed by atoms with Crippen LogP contribution in [0.25, 0.3) is 38.6 Å². The van der Waals surface area contributed by atoms with Crippen molar-refractivity contribution >= 4 is 33.2 Å². The summed E-state index contributed by atoms with van der Waals surface area (Å²) < 4.78 is 2.36. The smallest absolute Gasteiger partial charge is 0.0988 e. The summed E-state index contributed by atoms with van der Waals surface area (Å²) in [6.45, 7) is 2.20. The molecule has 0 N–H and O–H groups in total. The fourth-order valence-corrected chi connectivity index (χ4v) is 6.91. The molecule has 0 amide bonds. The average molecular weight is 526 g/mol. The van der Waals surface area contributed by atoms with Gasteiger partial charge in [0, 0.05) is 44.9 Å². The normalized spacial score (nSPS) is 17.4. The van der Waals surface area contributed by atoms with Crippen LogP contribution in [0.15, 0.2) is 139 Å². The van der Waals surface area contributed by atoms with Crippen LogP contribution in [0.2, 0.25) is 0 Å². The van der Waals surface area contributed by atoms with E-state index in [-0.39, 0.29) is 12.0 Å². The number of anilines is 2. The quantitative estimate of drug-likeness (QED) is 0.230. The van der Waals surface area contributed by atoms with Gasteiger partial charge in [-0.05, 0) is 66.1 Å². The molecule has 2 aliphatic rings. The van der Waals surface area contributed by atoms with Crippen LogP contribution in [0.4, 0.5) is 11.4 Å². The summed E-state index contributed by atoms with van der Waals surface area (Å²) in [5, 5.41) is 12.1. The van der Waals surface area contributed by atoms with E-state index in [2.05, 4.69) is 150 Å². The highest BCUT2D eigenvalue weighted by Gasteiger charge is 2.39. The third-order valence-corrected chi connectivity index (χ3v) is 8.69. The third kappa shape index (κ3) is 3.51. The Morgan fingerprint density at radius 3 is 2.07 bits per heavy atom. The number of aromatic nitrogens is 1. The second-order valence-electron chi connectivity index (χ2n) is 10.9. The van der Waals surface area contributed by atoms with E-state index in [1.807, 2.05) is 6.08 Å². The number of benzene rings is 5. The molecule has 0 saturated carbocycles. The van der Waals surface area contributed by atoms with Crippen molar-refractivity contribution in [1.82, 2.24) is 4.57 Å². The Hall–Kier alpha value is -5.33. The predicted octanol–water partition coefficient (Wildman–Crippen LogP) is 9.38. The molecule has 6 aromatic rings. The maximum absolute atomic E-state index is 9.59. The number of allylic oxidation sites excluding steroid dienone is 2. The molecule has 2 unspecified atom stereocenters. The molecule has 3 heteroatoms. The van der Waals surface area contributed by atoms with Crippen LogP contribution in [-0.2, 0) is 0 Å². The maximum atomic E-state index is 9.59. The summed E-state index contributed by atoms with van der Waals surface area (Å²) in [6, 6.07) is 43.9. The molecule has 8 rings (SSSR count). The Kier molecular flexibility index (Phi) is 5.23. The number of aryl methyl sites for hydroxylation is 1. The lowest BCUT2D eigenvalue weighted by molar-refractivity contribution is 0.741. The van der Waals surface area contributed by atoms with Crippen molar-refractivity contribution in [3.63, 3.8) is 0 Å².